The van der Waals surface area contributed by atoms with Gasteiger partial charge in [-0.1, -0.05) is 36.4 Å². The van der Waals surface area contributed by atoms with E-state index in [2.05, 4.69) is 26.2 Å². The van der Waals surface area contributed by atoms with Crippen LogP contribution >= 0.6 is 0 Å². The monoisotopic (exact) mass is 529 g/mol. The summed E-state index contributed by atoms with van der Waals surface area (Å²) in [5.74, 6) is -0.221. The molecule has 4 heterocycles. The summed E-state index contributed by atoms with van der Waals surface area (Å²) in [7, 11) is 0. The number of nitrogens with zero attached hydrogens (tertiary/aromatic N) is 4. The number of anilines is 3. The molecule has 3 aromatic heterocycles. The van der Waals surface area contributed by atoms with E-state index >= 15 is 0 Å². The number of hydrogen-bond donors (Lipinski definition) is 1. The molecule has 1 N–H and O–H groups in total. The van der Waals surface area contributed by atoms with Gasteiger partial charge in [0.2, 0.25) is 0 Å². The number of aromatic nitrogens is 2. The first-order chi connectivity index (χ1) is 19.5. The molecular weight excluding hydrogens is 498 g/mol. The van der Waals surface area contributed by atoms with Crippen molar-refractivity contribution in [3.63, 3.8) is 0 Å². The lowest BCUT2D eigenvalue weighted by Crippen LogP contribution is -2.46. The quantitative estimate of drug-likeness (QED) is 0.224. The Bertz CT molecular complexity index is 1680. The number of Topliss-reactive ketones (excluding diaryl/α,β-unsaturated/α-hetero) is 1. The van der Waals surface area contributed by atoms with E-state index in [4.69, 9.17) is 0 Å². The van der Waals surface area contributed by atoms with Crippen LogP contribution < -0.4 is 15.1 Å². The Morgan fingerprint density at radius 3 is 2.23 bits per heavy atom. The van der Waals surface area contributed by atoms with E-state index in [9.17, 15) is 9.59 Å². The molecule has 0 radical (unpaired) electrons. The number of ketones is 1. The summed E-state index contributed by atoms with van der Waals surface area (Å²) < 4.78 is 1.80. The Balaban J connectivity index is 1.16. The highest BCUT2D eigenvalue weighted by molar-refractivity contribution is 6.47. The van der Waals surface area contributed by atoms with Crippen molar-refractivity contribution in [2.45, 2.75) is 13.8 Å². The lowest BCUT2D eigenvalue weighted by Gasteiger charge is -2.36. The van der Waals surface area contributed by atoms with E-state index < -0.39 is 11.7 Å². The number of piperazine rings is 1. The summed E-state index contributed by atoms with van der Waals surface area (Å²) in [4.78, 5) is 36.0. The summed E-state index contributed by atoms with van der Waals surface area (Å²) in [6, 6.07) is 29.4. The summed E-state index contributed by atoms with van der Waals surface area (Å²) in [5, 5.41) is 2.81. The van der Waals surface area contributed by atoms with Crippen LogP contribution in [0.5, 0.6) is 0 Å². The number of nitrogens with one attached hydrogen (secondary N) is 1. The maximum atomic E-state index is 13.5. The van der Waals surface area contributed by atoms with Crippen molar-refractivity contribution in [1.29, 1.82) is 0 Å². The van der Waals surface area contributed by atoms with Gasteiger partial charge < -0.3 is 19.5 Å². The highest BCUT2D eigenvalue weighted by Gasteiger charge is 2.25. The van der Waals surface area contributed by atoms with Crippen LogP contribution in [0.1, 0.15) is 21.7 Å². The fourth-order valence-electron chi connectivity index (χ4n) is 5.31. The van der Waals surface area contributed by atoms with Gasteiger partial charge >= 0.3 is 0 Å². The number of aryl methyl sites for hydroxylation is 2. The van der Waals surface area contributed by atoms with Gasteiger partial charge in [0.15, 0.2) is 0 Å². The van der Waals surface area contributed by atoms with Crippen LogP contribution in [0.25, 0.3) is 16.6 Å². The van der Waals surface area contributed by atoms with E-state index in [0.717, 1.165) is 65.6 Å². The molecule has 40 heavy (non-hydrogen) atoms. The normalized spacial score (nSPS) is 13.4. The van der Waals surface area contributed by atoms with Crippen LogP contribution in [0.3, 0.4) is 0 Å². The van der Waals surface area contributed by atoms with Crippen LogP contribution in [0.4, 0.5) is 17.2 Å². The molecule has 2 aromatic carbocycles. The van der Waals surface area contributed by atoms with Crippen LogP contribution in [0, 0.1) is 13.8 Å². The molecule has 0 unspecified atom stereocenters. The number of hydrogen-bond acceptors (Lipinski definition) is 5. The molecule has 1 aliphatic rings. The molecule has 0 bridgehead atoms. The minimum atomic E-state index is -0.662. The van der Waals surface area contributed by atoms with Gasteiger partial charge in [-0.25, -0.2) is 4.98 Å². The fourth-order valence-corrected chi connectivity index (χ4v) is 5.31. The van der Waals surface area contributed by atoms with Gasteiger partial charge in [-0.05, 0) is 79.6 Å². The summed E-state index contributed by atoms with van der Waals surface area (Å²) in [6.07, 6.45) is 1.85. The third-order valence-electron chi connectivity index (χ3n) is 7.40. The van der Waals surface area contributed by atoms with E-state index in [1.807, 2.05) is 105 Å². The molecule has 1 fully saturated rings. The zero-order valence-corrected chi connectivity index (χ0v) is 22.7. The molecule has 1 aliphatic heterocycles. The van der Waals surface area contributed by atoms with Gasteiger partial charge in [-0.15, -0.1) is 0 Å². The van der Waals surface area contributed by atoms with E-state index in [1.54, 1.807) is 4.40 Å². The van der Waals surface area contributed by atoms with Crippen molar-refractivity contribution in [3.05, 3.63) is 114 Å². The molecule has 200 valence electrons. The Labute approximate surface area is 233 Å². The largest absolute Gasteiger partial charge is 0.368 e. The van der Waals surface area contributed by atoms with Crippen molar-refractivity contribution >= 4 is 34.4 Å². The zero-order chi connectivity index (χ0) is 27.6. The first kappa shape index (κ1) is 25.4. The smallest absolute Gasteiger partial charge is 0.298 e. The molecule has 0 saturated carbocycles. The molecule has 1 amide bonds. The third kappa shape index (κ3) is 5.06. The second kappa shape index (κ2) is 10.7. The van der Waals surface area contributed by atoms with Gasteiger partial charge in [0.05, 0.1) is 0 Å². The van der Waals surface area contributed by atoms with Gasteiger partial charge in [0.1, 0.15) is 11.5 Å². The fraction of sp³-hybridized carbons (Fsp3) is 0.182. The van der Waals surface area contributed by atoms with Crippen molar-refractivity contribution in [2.24, 2.45) is 0 Å². The van der Waals surface area contributed by atoms with Gasteiger partial charge in [-0.3, -0.25) is 9.59 Å². The Kier molecular flexibility index (Phi) is 6.78. The van der Waals surface area contributed by atoms with Crippen molar-refractivity contribution in [1.82, 2.24) is 9.38 Å². The molecule has 7 nitrogen and oxygen atoms in total. The second-order valence-electron chi connectivity index (χ2n) is 10.2. The number of rotatable bonds is 6. The number of carbonyl (C=O) groups is 2. The molecule has 7 heteroatoms. The van der Waals surface area contributed by atoms with E-state index in [1.165, 1.54) is 0 Å². The van der Waals surface area contributed by atoms with E-state index in [-0.39, 0.29) is 0 Å². The molecule has 0 atom stereocenters. The minimum absolute atomic E-state index is 0.358. The summed E-state index contributed by atoms with van der Waals surface area (Å²) >= 11 is 0. The van der Waals surface area contributed by atoms with E-state index in [0.29, 0.717) is 11.4 Å². The molecule has 1 saturated heterocycles. The maximum absolute atomic E-state index is 13.5. The predicted octanol–water partition coefficient (Wildman–Crippen LogP) is 5.77. The van der Waals surface area contributed by atoms with Crippen LogP contribution in [0.2, 0.25) is 0 Å². The molecule has 5 aromatic rings. The molecular formula is C33H31N5O2. The number of pyridine rings is 2. The SMILES string of the molecule is Cc1ccn2c(C(=O)C(=O)Nc3ccc(N4CCN(c5cccc(C)n5)CC4)cc3)c(-c3ccccc3)cc2c1. The standard InChI is InChI=1S/C33H31N5O2/c1-23-15-16-38-28(21-23)22-29(25-8-4-3-5-9-25)31(38)32(39)33(40)35-26-11-13-27(14-12-26)36-17-19-37(20-18-36)30-10-6-7-24(2)34-30/h3-16,21-22H,17-20H2,1-2H3,(H,35,40). The zero-order valence-electron chi connectivity index (χ0n) is 22.7. The minimum Gasteiger partial charge on any atom is -0.368 e. The topological polar surface area (TPSA) is 70.0 Å². The average Bonchev–Trinajstić information content (AvgIpc) is 3.36. The number of amides is 1. The number of fused-ring (bicyclic) bond motifs is 1. The van der Waals surface area contributed by atoms with Crippen LogP contribution in [-0.4, -0.2) is 47.3 Å². The summed E-state index contributed by atoms with van der Waals surface area (Å²) in [5.41, 5.74) is 6.63. The first-order valence-corrected chi connectivity index (χ1v) is 13.5. The highest BCUT2D eigenvalue weighted by Crippen LogP contribution is 2.29. The number of carbonyl (C=O) groups excluding carboxylic acids is 2. The summed E-state index contributed by atoms with van der Waals surface area (Å²) in [6.45, 7) is 7.55. The molecule has 0 spiro atoms. The lowest BCUT2D eigenvalue weighted by molar-refractivity contribution is -0.112. The Hall–Kier alpha value is -4.91. The molecule has 0 aliphatic carbocycles. The molecule has 6 rings (SSSR count). The highest BCUT2D eigenvalue weighted by atomic mass is 16.2. The second-order valence-corrected chi connectivity index (χ2v) is 10.2. The van der Waals surface area contributed by atoms with Gasteiger partial charge in [0, 0.05) is 60.5 Å². The van der Waals surface area contributed by atoms with Gasteiger partial charge in [-0.2, -0.15) is 0 Å². The Morgan fingerprint density at radius 1 is 0.775 bits per heavy atom. The van der Waals surface area contributed by atoms with Crippen molar-refractivity contribution < 1.29 is 9.59 Å². The number of benzene rings is 2. The lowest BCUT2D eigenvalue weighted by atomic mass is 10.0. The van der Waals surface area contributed by atoms with Gasteiger partial charge in [0.25, 0.3) is 11.7 Å². The maximum Gasteiger partial charge on any atom is 0.298 e. The van der Waals surface area contributed by atoms with Crippen LogP contribution in [-0.2, 0) is 4.79 Å². The average molecular weight is 530 g/mol. The van der Waals surface area contributed by atoms with Crippen LogP contribution in [0.15, 0.2) is 97.2 Å². The van der Waals surface area contributed by atoms with Crippen molar-refractivity contribution in [2.75, 3.05) is 41.3 Å². The Morgan fingerprint density at radius 2 is 1.50 bits per heavy atom. The van der Waals surface area contributed by atoms with Crippen molar-refractivity contribution in [3.8, 4) is 11.1 Å². The predicted molar refractivity (Wildman–Crippen MR) is 160 cm³/mol. The first-order valence-electron chi connectivity index (χ1n) is 13.5. The third-order valence-corrected chi connectivity index (χ3v) is 7.40.